The van der Waals surface area contributed by atoms with Crippen LogP contribution in [0.5, 0.6) is 0 Å². The largest absolute Gasteiger partial charge is 0.352 e. The number of carbonyl (C=O) groups is 1. The van der Waals surface area contributed by atoms with Gasteiger partial charge in [0.05, 0.1) is 4.90 Å². The Hall–Kier alpha value is -2.25. The minimum atomic E-state index is -3.96. The summed E-state index contributed by atoms with van der Waals surface area (Å²) in [5.74, 6) is -0.923. The molecule has 26 heavy (non-hydrogen) atoms. The molecule has 0 bridgehead atoms. The van der Waals surface area contributed by atoms with E-state index < -0.39 is 27.8 Å². The Balaban J connectivity index is 2.24. The van der Waals surface area contributed by atoms with E-state index in [9.17, 15) is 17.6 Å². The lowest BCUT2D eigenvalue weighted by Gasteiger charge is -2.21. The third kappa shape index (κ3) is 5.64. The van der Waals surface area contributed by atoms with Crippen LogP contribution in [0.2, 0.25) is 0 Å². The highest BCUT2D eigenvalue weighted by Crippen LogP contribution is 2.12. The topological polar surface area (TPSA) is 75.3 Å². The van der Waals surface area contributed by atoms with Gasteiger partial charge in [-0.15, -0.1) is 0 Å². The quantitative estimate of drug-likeness (QED) is 0.741. The van der Waals surface area contributed by atoms with Crippen molar-refractivity contribution in [2.75, 3.05) is 0 Å². The lowest BCUT2D eigenvalue weighted by Crippen LogP contribution is -2.50. The number of sulfonamides is 1. The number of carbonyl (C=O) groups excluding carboxylic acids is 1. The predicted molar refractivity (Wildman–Crippen MR) is 98.6 cm³/mol. The zero-order chi connectivity index (χ0) is 19.2. The van der Waals surface area contributed by atoms with Crippen LogP contribution in [0, 0.1) is 5.82 Å². The van der Waals surface area contributed by atoms with Gasteiger partial charge < -0.3 is 5.32 Å². The molecular weight excluding hydrogens is 355 g/mol. The molecule has 1 amide bonds. The van der Waals surface area contributed by atoms with Gasteiger partial charge in [0.2, 0.25) is 15.9 Å². The van der Waals surface area contributed by atoms with Crippen molar-refractivity contribution in [3.8, 4) is 0 Å². The summed E-state index contributed by atoms with van der Waals surface area (Å²) in [6.45, 7) is 3.78. The number of hydrogen-bond acceptors (Lipinski definition) is 3. The van der Waals surface area contributed by atoms with Crippen molar-refractivity contribution in [3.63, 3.8) is 0 Å². The van der Waals surface area contributed by atoms with Gasteiger partial charge in [-0.25, -0.2) is 12.8 Å². The van der Waals surface area contributed by atoms with Crippen LogP contribution in [0.3, 0.4) is 0 Å². The monoisotopic (exact) mass is 378 g/mol. The number of halogens is 1. The number of nitrogens with one attached hydrogen (secondary N) is 2. The second-order valence-corrected chi connectivity index (χ2v) is 7.85. The smallest absolute Gasteiger partial charge is 0.241 e. The Bertz CT molecular complexity index is 824. The Morgan fingerprint density at radius 1 is 1.08 bits per heavy atom. The molecule has 140 valence electrons. The molecule has 0 radical (unpaired) electrons. The van der Waals surface area contributed by atoms with Crippen molar-refractivity contribution in [1.29, 1.82) is 0 Å². The molecule has 0 aliphatic heterocycles. The highest BCUT2D eigenvalue weighted by molar-refractivity contribution is 7.89. The van der Waals surface area contributed by atoms with Crippen molar-refractivity contribution in [2.45, 2.75) is 43.7 Å². The molecular formula is C19H23FN2O3S. The Morgan fingerprint density at radius 2 is 1.69 bits per heavy atom. The average molecular weight is 378 g/mol. The van der Waals surface area contributed by atoms with E-state index in [4.69, 9.17) is 0 Å². The molecule has 2 aromatic carbocycles. The van der Waals surface area contributed by atoms with Crippen LogP contribution in [-0.4, -0.2) is 26.4 Å². The summed E-state index contributed by atoms with van der Waals surface area (Å²) in [6, 6.07) is 12.6. The van der Waals surface area contributed by atoms with Crippen LogP contribution in [0.1, 0.15) is 25.8 Å². The van der Waals surface area contributed by atoms with Gasteiger partial charge in [-0.1, -0.05) is 37.3 Å². The summed E-state index contributed by atoms with van der Waals surface area (Å²) in [5.41, 5.74) is 0.832. The number of benzene rings is 2. The molecule has 2 rings (SSSR count). The van der Waals surface area contributed by atoms with Gasteiger partial charge in [0, 0.05) is 6.04 Å². The molecule has 0 aliphatic carbocycles. The van der Waals surface area contributed by atoms with Crippen LogP contribution >= 0.6 is 0 Å². The van der Waals surface area contributed by atoms with Gasteiger partial charge in [0.25, 0.3) is 0 Å². The first-order chi connectivity index (χ1) is 12.3. The maximum atomic E-state index is 13.1. The van der Waals surface area contributed by atoms with Crippen molar-refractivity contribution in [3.05, 3.63) is 66.0 Å². The maximum Gasteiger partial charge on any atom is 0.241 e. The summed E-state index contributed by atoms with van der Waals surface area (Å²) in [7, 11) is -3.96. The molecule has 0 spiro atoms. The van der Waals surface area contributed by atoms with E-state index in [2.05, 4.69) is 10.0 Å². The molecule has 5 nitrogen and oxygen atoms in total. The molecule has 0 fully saturated rings. The predicted octanol–water partition coefficient (Wildman–Crippen LogP) is 2.63. The van der Waals surface area contributed by atoms with Gasteiger partial charge in [-0.2, -0.15) is 4.72 Å². The van der Waals surface area contributed by atoms with Crippen LogP contribution in [0.15, 0.2) is 59.5 Å². The van der Waals surface area contributed by atoms with Gasteiger partial charge in [0.15, 0.2) is 0 Å². The summed E-state index contributed by atoms with van der Waals surface area (Å²) in [5, 5.41) is 2.81. The van der Waals surface area contributed by atoms with Gasteiger partial charge >= 0.3 is 0 Å². The standard InChI is InChI=1S/C19H23FN2O3S/c1-3-14(2)21-19(23)18(13-15-7-5-4-6-8-15)22-26(24,25)17-11-9-16(20)10-12-17/h4-12,14,18,22H,3,13H2,1-2H3,(H,21,23). The molecule has 2 atom stereocenters. The fraction of sp³-hybridized carbons (Fsp3) is 0.316. The fourth-order valence-electron chi connectivity index (χ4n) is 2.35. The van der Waals surface area contributed by atoms with Crippen molar-refractivity contribution >= 4 is 15.9 Å². The van der Waals surface area contributed by atoms with Crippen molar-refractivity contribution in [2.24, 2.45) is 0 Å². The molecule has 0 saturated heterocycles. The summed E-state index contributed by atoms with van der Waals surface area (Å²) >= 11 is 0. The van der Waals surface area contributed by atoms with Crippen molar-refractivity contribution in [1.82, 2.24) is 10.0 Å². The fourth-order valence-corrected chi connectivity index (χ4v) is 3.55. The van der Waals surface area contributed by atoms with E-state index >= 15 is 0 Å². The first kappa shape index (κ1) is 20.1. The molecule has 0 aromatic heterocycles. The van der Waals surface area contributed by atoms with E-state index in [1.807, 2.05) is 44.2 Å². The minimum absolute atomic E-state index is 0.0731. The number of hydrogen-bond donors (Lipinski definition) is 2. The first-order valence-corrected chi connectivity index (χ1v) is 9.92. The lowest BCUT2D eigenvalue weighted by atomic mass is 10.1. The zero-order valence-corrected chi connectivity index (χ0v) is 15.6. The number of amides is 1. The minimum Gasteiger partial charge on any atom is -0.352 e. The first-order valence-electron chi connectivity index (χ1n) is 8.44. The molecule has 2 unspecified atom stereocenters. The molecule has 0 heterocycles. The van der Waals surface area contributed by atoms with Gasteiger partial charge in [-0.05, 0) is 49.6 Å². The Kier molecular flexibility index (Phi) is 6.88. The van der Waals surface area contributed by atoms with E-state index in [1.54, 1.807) is 0 Å². The number of rotatable bonds is 8. The molecule has 0 aliphatic rings. The van der Waals surface area contributed by atoms with Crippen LogP contribution in [-0.2, 0) is 21.2 Å². The second kappa shape index (κ2) is 8.91. The molecule has 0 saturated carbocycles. The van der Waals surface area contributed by atoms with E-state index in [0.717, 1.165) is 24.1 Å². The molecule has 2 N–H and O–H groups in total. The highest BCUT2D eigenvalue weighted by atomic mass is 32.2. The third-order valence-corrected chi connectivity index (χ3v) is 5.51. The lowest BCUT2D eigenvalue weighted by molar-refractivity contribution is -0.123. The summed E-state index contributed by atoms with van der Waals surface area (Å²) in [4.78, 5) is 12.5. The normalized spacial score (nSPS) is 13.8. The van der Waals surface area contributed by atoms with E-state index in [0.29, 0.717) is 0 Å². The van der Waals surface area contributed by atoms with Gasteiger partial charge in [0.1, 0.15) is 11.9 Å². The van der Waals surface area contributed by atoms with Crippen molar-refractivity contribution < 1.29 is 17.6 Å². The van der Waals surface area contributed by atoms with E-state index in [1.165, 1.54) is 12.1 Å². The average Bonchev–Trinajstić information content (AvgIpc) is 2.62. The highest BCUT2D eigenvalue weighted by Gasteiger charge is 2.26. The molecule has 2 aromatic rings. The third-order valence-electron chi connectivity index (χ3n) is 4.02. The Labute approximate surface area is 153 Å². The summed E-state index contributed by atoms with van der Waals surface area (Å²) in [6.07, 6.45) is 0.943. The van der Waals surface area contributed by atoms with Crippen LogP contribution < -0.4 is 10.0 Å². The van der Waals surface area contributed by atoms with Crippen LogP contribution in [0.4, 0.5) is 4.39 Å². The zero-order valence-electron chi connectivity index (χ0n) is 14.8. The maximum absolute atomic E-state index is 13.1. The summed E-state index contributed by atoms with van der Waals surface area (Å²) < 4.78 is 40.7. The van der Waals surface area contributed by atoms with Crippen LogP contribution in [0.25, 0.3) is 0 Å². The van der Waals surface area contributed by atoms with Gasteiger partial charge in [-0.3, -0.25) is 4.79 Å². The van der Waals surface area contributed by atoms with E-state index in [-0.39, 0.29) is 17.4 Å². The SMILES string of the molecule is CCC(C)NC(=O)C(Cc1ccccc1)NS(=O)(=O)c1ccc(F)cc1. The molecule has 7 heteroatoms. The second-order valence-electron chi connectivity index (χ2n) is 6.14. The Morgan fingerprint density at radius 3 is 2.27 bits per heavy atom.